The van der Waals surface area contributed by atoms with E-state index in [0.717, 1.165) is 9.50 Å². The lowest BCUT2D eigenvalue weighted by atomic mass is 10.3. The summed E-state index contributed by atoms with van der Waals surface area (Å²) in [6.07, 6.45) is 3.25. The average Bonchev–Trinajstić information content (AvgIpc) is 2.34. The van der Waals surface area contributed by atoms with Gasteiger partial charge >= 0.3 is 0 Å². The van der Waals surface area contributed by atoms with Gasteiger partial charge in [0.15, 0.2) is 0 Å². The summed E-state index contributed by atoms with van der Waals surface area (Å²) in [5.41, 5.74) is 0.413. The molecule has 0 aromatic carbocycles. The van der Waals surface area contributed by atoms with Crippen LogP contribution in [0.5, 0.6) is 0 Å². The van der Waals surface area contributed by atoms with Gasteiger partial charge in [-0.1, -0.05) is 11.6 Å². The van der Waals surface area contributed by atoms with Gasteiger partial charge in [-0.25, -0.2) is 9.97 Å². The minimum Gasteiger partial charge on any atom is -0.248 e. The van der Waals surface area contributed by atoms with E-state index in [1.165, 1.54) is 11.8 Å². The monoisotopic (exact) mass is 325 g/mol. The Morgan fingerprint density at radius 1 is 1.24 bits per heavy atom. The number of nitrogens with zero attached hydrogens (tertiary/aromatic N) is 3. The zero-order valence-electron chi connectivity index (χ0n) is 8.39. The van der Waals surface area contributed by atoms with Crippen molar-refractivity contribution in [3.05, 3.63) is 45.7 Å². The van der Waals surface area contributed by atoms with Crippen molar-refractivity contribution < 1.29 is 0 Å². The van der Waals surface area contributed by atoms with Crippen molar-refractivity contribution in [1.82, 2.24) is 9.97 Å². The van der Waals surface area contributed by atoms with Gasteiger partial charge in [-0.2, -0.15) is 5.26 Å². The topological polar surface area (TPSA) is 49.6 Å². The third-order valence-corrected chi connectivity index (χ3v) is 4.31. The Labute approximate surface area is 116 Å². The van der Waals surface area contributed by atoms with Gasteiger partial charge in [0, 0.05) is 12.4 Å². The lowest BCUT2D eigenvalue weighted by molar-refractivity contribution is 1.08. The predicted molar refractivity (Wildman–Crippen MR) is 70.0 cm³/mol. The second kappa shape index (κ2) is 5.50. The first kappa shape index (κ1) is 12.4. The van der Waals surface area contributed by atoms with Crippen LogP contribution in [0.3, 0.4) is 0 Å². The van der Waals surface area contributed by atoms with Crippen molar-refractivity contribution in [1.29, 1.82) is 5.26 Å². The quantitative estimate of drug-likeness (QED) is 0.839. The Hall–Kier alpha value is -1.09. The molecule has 0 saturated heterocycles. The summed E-state index contributed by atoms with van der Waals surface area (Å²) in [7, 11) is 0. The molecule has 0 spiro atoms. The third kappa shape index (κ3) is 2.78. The molecule has 0 N–H and O–H groups in total. The molecule has 0 radical (unpaired) electrons. The Morgan fingerprint density at radius 2 is 2.00 bits per heavy atom. The Morgan fingerprint density at radius 3 is 2.71 bits per heavy atom. The molecule has 0 bridgehead atoms. The molecule has 2 aromatic rings. The highest BCUT2D eigenvalue weighted by molar-refractivity contribution is 9.10. The molecular weight excluding hydrogens is 322 g/mol. The third-order valence-electron chi connectivity index (χ3n) is 1.90. The lowest BCUT2D eigenvalue weighted by Gasteiger charge is -2.04. The van der Waals surface area contributed by atoms with Gasteiger partial charge in [0.1, 0.15) is 16.1 Å². The van der Waals surface area contributed by atoms with Crippen molar-refractivity contribution in [3.63, 3.8) is 0 Å². The molecule has 0 aliphatic heterocycles. The molecule has 84 valence electrons. The van der Waals surface area contributed by atoms with Crippen molar-refractivity contribution >= 4 is 39.3 Å². The summed E-state index contributed by atoms with van der Waals surface area (Å²) in [4.78, 5) is 8.35. The van der Waals surface area contributed by atoms with Crippen LogP contribution in [0.4, 0.5) is 0 Å². The number of halogens is 2. The van der Waals surface area contributed by atoms with Crippen molar-refractivity contribution in [2.75, 3.05) is 0 Å². The Kier molecular flexibility index (Phi) is 4.00. The van der Waals surface area contributed by atoms with Gasteiger partial charge in [-0.3, -0.25) is 0 Å². The maximum Gasteiger partial charge on any atom is 0.122 e. The first-order chi connectivity index (χ1) is 8.22. The minimum atomic E-state index is 0.359. The summed E-state index contributed by atoms with van der Waals surface area (Å²) >= 11 is 10.8. The maximum atomic E-state index is 8.87. The largest absolute Gasteiger partial charge is 0.248 e. The lowest BCUT2D eigenvalue weighted by Crippen LogP contribution is -1.87. The zero-order chi connectivity index (χ0) is 12.3. The highest BCUT2D eigenvalue weighted by Gasteiger charge is 2.11. The molecule has 0 aliphatic carbocycles. The van der Waals surface area contributed by atoms with Crippen LogP contribution in [-0.2, 0) is 0 Å². The molecule has 2 rings (SSSR count). The summed E-state index contributed by atoms with van der Waals surface area (Å²) in [6.45, 7) is 0. The molecule has 0 unspecified atom stereocenters. The van der Waals surface area contributed by atoms with Crippen molar-refractivity contribution in [2.45, 2.75) is 10.1 Å². The molecule has 2 aromatic heterocycles. The molecule has 17 heavy (non-hydrogen) atoms. The van der Waals surface area contributed by atoms with E-state index in [1.807, 2.05) is 18.2 Å². The van der Waals surface area contributed by atoms with Crippen LogP contribution in [-0.4, -0.2) is 9.97 Å². The fourth-order valence-electron chi connectivity index (χ4n) is 1.12. The van der Waals surface area contributed by atoms with Gasteiger partial charge in [0.25, 0.3) is 0 Å². The molecule has 0 atom stereocenters. The van der Waals surface area contributed by atoms with E-state index in [1.54, 1.807) is 18.5 Å². The van der Waals surface area contributed by atoms with Gasteiger partial charge < -0.3 is 0 Å². The summed E-state index contributed by atoms with van der Waals surface area (Å²) < 4.78 is 0.866. The standard InChI is InChI=1S/C11H5BrClN3S/c12-8-2-1-4-15-10(8)17-11-9(13)7(6-14)3-5-16-11/h1-5H. The summed E-state index contributed by atoms with van der Waals surface area (Å²) in [5.74, 6) is 0. The van der Waals surface area contributed by atoms with E-state index >= 15 is 0 Å². The van der Waals surface area contributed by atoms with E-state index in [2.05, 4.69) is 25.9 Å². The van der Waals surface area contributed by atoms with E-state index in [0.29, 0.717) is 15.6 Å². The number of rotatable bonds is 2. The highest BCUT2D eigenvalue weighted by Crippen LogP contribution is 2.35. The van der Waals surface area contributed by atoms with E-state index < -0.39 is 0 Å². The van der Waals surface area contributed by atoms with Gasteiger partial charge in [0.2, 0.25) is 0 Å². The smallest absolute Gasteiger partial charge is 0.122 e. The molecule has 2 heterocycles. The van der Waals surface area contributed by atoms with E-state index in [-0.39, 0.29) is 0 Å². The van der Waals surface area contributed by atoms with Crippen LogP contribution < -0.4 is 0 Å². The first-order valence-corrected chi connectivity index (χ1v) is 6.54. The van der Waals surface area contributed by atoms with Gasteiger partial charge in [0.05, 0.1) is 15.1 Å². The highest BCUT2D eigenvalue weighted by atomic mass is 79.9. The van der Waals surface area contributed by atoms with Crippen LogP contribution in [0.25, 0.3) is 0 Å². The first-order valence-electron chi connectivity index (χ1n) is 4.55. The number of hydrogen-bond acceptors (Lipinski definition) is 4. The van der Waals surface area contributed by atoms with Crippen LogP contribution in [0.2, 0.25) is 5.02 Å². The van der Waals surface area contributed by atoms with Crippen LogP contribution >= 0.6 is 39.3 Å². The minimum absolute atomic E-state index is 0.359. The van der Waals surface area contributed by atoms with E-state index in [9.17, 15) is 0 Å². The Bertz CT molecular complexity index is 598. The molecule has 3 nitrogen and oxygen atoms in total. The van der Waals surface area contributed by atoms with Crippen molar-refractivity contribution in [3.8, 4) is 6.07 Å². The number of pyridine rings is 2. The Balaban J connectivity index is 2.38. The maximum absolute atomic E-state index is 8.87. The van der Waals surface area contributed by atoms with Crippen molar-refractivity contribution in [2.24, 2.45) is 0 Å². The molecule has 0 fully saturated rings. The van der Waals surface area contributed by atoms with Crippen LogP contribution in [0.15, 0.2) is 45.1 Å². The van der Waals surface area contributed by atoms with Gasteiger partial charge in [-0.05, 0) is 45.9 Å². The molecule has 0 saturated carbocycles. The molecule has 6 heteroatoms. The average molecular weight is 327 g/mol. The number of nitriles is 1. The van der Waals surface area contributed by atoms with E-state index in [4.69, 9.17) is 16.9 Å². The molecule has 0 amide bonds. The summed E-state index contributed by atoms with van der Waals surface area (Å²) in [6, 6.07) is 7.32. The molecular formula is C11H5BrClN3S. The fourth-order valence-corrected chi connectivity index (χ4v) is 2.66. The SMILES string of the molecule is N#Cc1ccnc(Sc2ncccc2Br)c1Cl. The predicted octanol–water partition coefficient (Wildman–Crippen LogP) is 3.92. The second-order valence-corrected chi connectivity index (χ2v) is 5.19. The van der Waals surface area contributed by atoms with Gasteiger partial charge in [-0.15, -0.1) is 0 Å². The number of hydrogen-bond donors (Lipinski definition) is 0. The fraction of sp³-hybridized carbons (Fsp3) is 0. The van der Waals surface area contributed by atoms with Crippen LogP contribution in [0.1, 0.15) is 5.56 Å². The molecule has 0 aliphatic rings. The number of aromatic nitrogens is 2. The normalized spacial score (nSPS) is 9.94. The zero-order valence-corrected chi connectivity index (χ0v) is 11.6. The van der Waals surface area contributed by atoms with Crippen LogP contribution in [0, 0.1) is 11.3 Å². The summed E-state index contributed by atoms with van der Waals surface area (Å²) in [5, 5.41) is 10.6. The second-order valence-electron chi connectivity index (χ2n) is 2.98.